The van der Waals surface area contributed by atoms with Crippen molar-refractivity contribution in [1.29, 1.82) is 0 Å². The smallest absolute Gasteiger partial charge is 0.323 e. The van der Waals surface area contributed by atoms with Crippen molar-refractivity contribution in [3.8, 4) is 0 Å². The van der Waals surface area contributed by atoms with Gasteiger partial charge in [-0.3, -0.25) is 14.4 Å². The van der Waals surface area contributed by atoms with Gasteiger partial charge in [0.2, 0.25) is 11.8 Å². The molecule has 0 spiro atoms. The number of nitrogens with zero attached hydrogens (tertiary/aromatic N) is 2. The molecule has 0 radical (unpaired) electrons. The van der Waals surface area contributed by atoms with E-state index >= 15 is 0 Å². The van der Waals surface area contributed by atoms with Crippen LogP contribution in [0.3, 0.4) is 0 Å². The quantitative estimate of drug-likeness (QED) is 0.756. The van der Waals surface area contributed by atoms with Crippen molar-refractivity contribution >= 4 is 17.8 Å². The van der Waals surface area contributed by atoms with Crippen LogP contribution >= 0.6 is 0 Å². The number of carboxylic acids is 1. The van der Waals surface area contributed by atoms with E-state index in [4.69, 9.17) is 9.84 Å². The molecule has 2 saturated heterocycles. The molecule has 2 amide bonds. The Morgan fingerprint density at radius 3 is 2.75 bits per heavy atom. The molecule has 112 valence electrons. The molecule has 2 aliphatic rings. The van der Waals surface area contributed by atoms with Crippen molar-refractivity contribution in [2.45, 2.75) is 19.3 Å². The molecular formula is C13H20N2O5. The number of aliphatic carboxylic acids is 1. The van der Waals surface area contributed by atoms with Crippen molar-refractivity contribution < 1.29 is 24.2 Å². The Bertz CT molecular complexity index is 392. The third-order valence-corrected chi connectivity index (χ3v) is 3.72. The van der Waals surface area contributed by atoms with Crippen molar-refractivity contribution in [3.05, 3.63) is 0 Å². The number of amides is 2. The average molecular weight is 284 g/mol. The van der Waals surface area contributed by atoms with Crippen LogP contribution in [-0.4, -0.2) is 72.1 Å². The van der Waals surface area contributed by atoms with E-state index in [2.05, 4.69) is 0 Å². The Hall–Kier alpha value is -1.63. The van der Waals surface area contributed by atoms with E-state index in [0.717, 1.165) is 19.4 Å². The standard InChI is InChI=1S/C13H20N2O5/c16-11(6-10-2-1-5-20-9-10)14-3-4-15(8-13(18)19)12(17)7-14/h10H,1-9H2,(H,18,19). The molecule has 7 nitrogen and oxygen atoms in total. The molecule has 2 rings (SSSR count). The number of hydrogen-bond donors (Lipinski definition) is 1. The minimum Gasteiger partial charge on any atom is -0.480 e. The van der Waals surface area contributed by atoms with E-state index in [1.165, 1.54) is 9.80 Å². The summed E-state index contributed by atoms with van der Waals surface area (Å²) in [5.74, 6) is -1.13. The number of piperazine rings is 1. The van der Waals surface area contributed by atoms with Gasteiger partial charge in [0.25, 0.3) is 0 Å². The van der Waals surface area contributed by atoms with Crippen LogP contribution < -0.4 is 0 Å². The number of carbonyl (C=O) groups excluding carboxylic acids is 2. The lowest BCUT2D eigenvalue weighted by molar-refractivity contribution is -0.150. The lowest BCUT2D eigenvalue weighted by atomic mass is 9.98. The minimum absolute atomic E-state index is 0.0142. The summed E-state index contributed by atoms with van der Waals surface area (Å²) in [5, 5.41) is 8.69. The van der Waals surface area contributed by atoms with E-state index in [1.807, 2.05) is 0 Å². The summed E-state index contributed by atoms with van der Waals surface area (Å²) in [7, 11) is 0. The van der Waals surface area contributed by atoms with Gasteiger partial charge in [0.1, 0.15) is 6.54 Å². The van der Waals surface area contributed by atoms with Crippen LogP contribution in [0.1, 0.15) is 19.3 Å². The number of rotatable bonds is 4. The second-order valence-electron chi connectivity index (χ2n) is 5.31. The van der Waals surface area contributed by atoms with Gasteiger partial charge in [0, 0.05) is 32.7 Å². The van der Waals surface area contributed by atoms with Crippen molar-refractivity contribution in [1.82, 2.24) is 9.80 Å². The summed E-state index contributed by atoms with van der Waals surface area (Å²) in [6.45, 7) is 1.76. The van der Waals surface area contributed by atoms with Gasteiger partial charge >= 0.3 is 5.97 Å². The Labute approximate surface area is 117 Å². The fraction of sp³-hybridized carbons (Fsp3) is 0.769. The molecule has 20 heavy (non-hydrogen) atoms. The Balaban J connectivity index is 1.80. The topological polar surface area (TPSA) is 87.2 Å². The SMILES string of the molecule is O=C(O)CN1CCN(C(=O)CC2CCCOC2)CC1=O. The molecule has 0 saturated carbocycles. The third kappa shape index (κ3) is 3.93. The third-order valence-electron chi connectivity index (χ3n) is 3.72. The largest absolute Gasteiger partial charge is 0.480 e. The zero-order chi connectivity index (χ0) is 14.5. The minimum atomic E-state index is -1.03. The fourth-order valence-electron chi connectivity index (χ4n) is 2.60. The van der Waals surface area contributed by atoms with Gasteiger partial charge in [-0.1, -0.05) is 0 Å². The first-order chi connectivity index (χ1) is 9.56. The molecule has 0 aromatic rings. The van der Waals surface area contributed by atoms with Crippen molar-refractivity contribution in [3.63, 3.8) is 0 Å². The average Bonchev–Trinajstić information content (AvgIpc) is 2.41. The van der Waals surface area contributed by atoms with Crippen molar-refractivity contribution in [2.24, 2.45) is 5.92 Å². The highest BCUT2D eigenvalue weighted by Crippen LogP contribution is 2.18. The van der Waals surface area contributed by atoms with Crippen LogP contribution in [0, 0.1) is 5.92 Å². The Kier molecular flexibility index (Phi) is 4.94. The molecule has 0 aromatic heterocycles. The number of hydrogen-bond acceptors (Lipinski definition) is 4. The van der Waals surface area contributed by atoms with E-state index in [-0.39, 0.29) is 37.4 Å². The second kappa shape index (κ2) is 6.69. The van der Waals surface area contributed by atoms with Gasteiger partial charge in [-0.15, -0.1) is 0 Å². The lowest BCUT2D eigenvalue weighted by Crippen LogP contribution is -2.53. The zero-order valence-electron chi connectivity index (χ0n) is 11.4. The van der Waals surface area contributed by atoms with E-state index in [1.54, 1.807) is 0 Å². The number of carbonyl (C=O) groups is 3. The normalized spacial score (nSPS) is 23.8. The Morgan fingerprint density at radius 1 is 1.35 bits per heavy atom. The maximum absolute atomic E-state index is 12.1. The fourth-order valence-corrected chi connectivity index (χ4v) is 2.60. The monoisotopic (exact) mass is 284 g/mol. The summed E-state index contributed by atoms with van der Waals surface area (Å²) in [4.78, 5) is 37.3. The first-order valence-electron chi connectivity index (χ1n) is 6.91. The number of ether oxygens (including phenoxy) is 1. The maximum Gasteiger partial charge on any atom is 0.323 e. The second-order valence-corrected chi connectivity index (χ2v) is 5.31. The lowest BCUT2D eigenvalue weighted by Gasteiger charge is -2.34. The van der Waals surface area contributed by atoms with Gasteiger partial charge in [0.05, 0.1) is 6.54 Å². The molecule has 0 aliphatic carbocycles. The summed E-state index contributed by atoms with van der Waals surface area (Å²) in [6.07, 6.45) is 2.37. The molecule has 1 atom stereocenters. The predicted molar refractivity (Wildman–Crippen MR) is 69.0 cm³/mol. The van der Waals surface area contributed by atoms with Crippen LogP contribution in [0.15, 0.2) is 0 Å². The first kappa shape index (κ1) is 14.8. The maximum atomic E-state index is 12.1. The first-order valence-corrected chi connectivity index (χ1v) is 6.91. The number of carboxylic acid groups (broad SMARTS) is 1. The predicted octanol–water partition coefficient (Wildman–Crippen LogP) is -0.441. The van der Waals surface area contributed by atoms with Crippen LogP contribution in [-0.2, 0) is 19.1 Å². The highest BCUT2D eigenvalue weighted by molar-refractivity contribution is 5.88. The summed E-state index contributed by atoms with van der Waals surface area (Å²) in [5.41, 5.74) is 0. The van der Waals surface area contributed by atoms with Gasteiger partial charge in [-0.2, -0.15) is 0 Å². The summed E-state index contributed by atoms with van der Waals surface area (Å²) < 4.78 is 5.34. The van der Waals surface area contributed by atoms with Gasteiger partial charge in [-0.25, -0.2) is 0 Å². The highest BCUT2D eigenvalue weighted by Gasteiger charge is 2.29. The van der Waals surface area contributed by atoms with Crippen LogP contribution in [0.2, 0.25) is 0 Å². The molecule has 2 aliphatic heterocycles. The zero-order valence-corrected chi connectivity index (χ0v) is 11.4. The highest BCUT2D eigenvalue weighted by atomic mass is 16.5. The molecule has 2 heterocycles. The van der Waals surface area contributed by atoms with Gasteiger partial charge in [0.15, 0.2) is 0 Å². The van der Waals surface area contributed by atoms with Gasteiger partial charge in [-0.05, 0) is 18.8 Å². The molecule has 1 N–H and O–H groups in total. The van der Waals surface area contributed by atoms with Crippen molar-refractivity contribution in [2.75, 3.05) is 39.4 Å². The van der Waals surface area contributed by atoms with E-state index in [9.17, 15) is 14.4 Å². The van der Waals surface area contributed by atoms with E-state index < -0.39 is 5.97 Å². The van der Waals surface area contributed by atoms with Crippen LogP contribution in [0.5, 0.6) is 0 Å². The molecule has 7 heteroatoms. The van der Waals surface area contributed by atoms with Crippen LogP contribution in [0.4, 0.5) is 0 Å². The van der Waals surface area contributed by atoms with Gasteiger partial charge < -0.3 is 19.6 Å². The molecule has 0 aromatic carbocycles. The van der Waals surface area contributed by atoms with Crippen LogP contribution in [0.25, 0.3) is 0 Å². The molecule has 1 unspecified atom stereocenters. The molecule has 0 bridgehead atoms. The summed E-state index contributed by atoms with van der Waals surface area (Å²) >= 11 is 0. The molecule has 2 fully saturated rings. The summed E-state index contributed by atoms with van der Waals surface area (Å²) in [6, 6.07) is 0. The Morgan fingerprint density at radius 2 is 2.15 bits per heavy atom. The molecular weight excluding hydrogens is 264 g/mol. The van der Waals surface area contributed by atoms with E-state index in [0.29, 0.717) is 19.6 Å².